The maximum atomic E-state index is 6.36. The number of hydrogen-bond donors (Lipinski definition) is 1. The molecule has 0 saturated heterocycles. The van der Waals surface area contributed by atoms with Crippen LogP contribution in [-0.4, -0.2) is 13.7 Å². The predicted octanol–water partition coefficient (Wildman–Crippen LogP) is 5.01. The van der Waals surface area contributed by atoms with Crippen molar-refractivity contribution in [1.29, 1.82) is 0 Å². The summed E-state index contributed by atoms with van der Waals surface area (Å²) in [7, 11) is 1.68. The molecule has 21 heavy (non-hydrogen) atoms. The number of nitrogens with one attached hydrogen (secondary N) is 1. The molecule has 2 aromatic rings. The Kier molecular flexibility index (Phi) is 5.51. The molecule has 0 aliphatic heterocycles. The van der Waals surface area contributed by atoms with Crippen LogP contribution < -0.4 is 10.1 Å². The SMILES string of the molecule is CCNC(c1cc(Cl)ccc1Cl)c1ccc(C)cc1OC. The molecule has 1 atom stereocenters. The van der Waals surface area contributed by atoms with E-state index in [-0.39, 0.29) is 6.04 Å². The zero-order valence-corrected chi connectivity index (χ0v) is 13.9. The Labute approximate surface area is 136 Å². The fraction of sp³-hybridized carbons (Fsp3) is 0.294. The molecule has 0 saturated carbocycles. The van der Waals surface area contributed by atoms with Crippen molar-refractivity contribution in [3.63, 3.8) is 0 Å². The molecular weight excluding hydrogens is 305 g/mol. The van der Waals surface area contributed by atoms with E-state index in [9.17, 15) is 0 Å². The van der Waals surface area contributed by atoms with Crippen molar-refractivity contribution in [3.05, 3.63) is 63.1 Å². The van der Waals surface area contributed by atoms with Crippen molar-refractivity contribution >= 4 is 23.2 Å². The number of hydrogen-bond acceptors (Lipinski definition) is 2. The lowest BCUT2D eigenvalue weighted by molar-refractivity contribution is 0.404. The Balaban J connectivity index is 2.55. The maximum absolute atomic E-state index is 6.36. The molecule has 0 spiro atoms. The highest BCUT2D eigenvalue weighted by molar-refractivity contribution is 6.33. The van der Waals surface area contributed by atoms with Gasteiger partial charge in [-0.1, -0.05) is 42.3 Å². The molecule has 112 valence electrons. The molecule has 0 aliphatic carbocycles. The van der Waals surface area contributed by atoms with E-state index < -0.39 is 0 Å². The lowest BCUT2D eigenvalue weighted by atomic mass is 9.96. The molecule has 2 rings (SSSR count). The second-order valence-electron chi connectivity index (χ2n) is 4.90. The number of ether oxygens (including phenoxy) is 1. The Morgan fingerprint density at radius 1 is 1.10 bits per heavy atom. The average molecular weight is 324 g/mol. The minimum Gasteiger partial charge on any atom is -0.496 e. The lowest BCUT2D eigenvalue weighted by Gasteiger charge is -2.23. The minimum absolute atomic E-state index is 0.0586. The van der Waals surface area contributed by atoms with Crippen LogP contribution in [0.15, 0.2) is 36.4 Å². The van der Waals surface area contributed by atoms with Gasteiger partial charge in [-0.15, -0.1) is 0 Å². The first-order chi connectivity index (χ1) is 10.1. The highest BCUT2D eigenvalue weighted by Crippen LogP contribution is 2.35. The van der Waals surface area contributed by atoms with Gasteiger partial charge in [0, 0.05) is 15.6 Å². The Morgan fingerprint density at radius 2 is 1.86 bits per heavy atom. The van der Waals surface area contributed by atoms with Crippen LogP contribution in [0.2, 0.25) is 10.0 Å². The topological polar surface area (TPSA) is 21.3 Å². The number of halogens is 2. The van der Waals surface area contributed by atoms with Gasteiger partial charge in [-0.2, -0.15) is 0 Å². The third-order valence-corrected chi connectivity index (χ3v) is 3.96. The number of benzene rings is 2. The van der Waals surface area contributed by atoms with Gasteiger partial charge in [0.15, 0.2) is 0 Å². The van der Waals surface area contributed by atoms with Crippen LogP contribution in [0.3, 0.4) is 0 Å². The molecule has 0 bridgehead atoms. The van der Waals surface area contributed by atoms with Gasteiger partial charge in [-0.05, 0) is 48.9 Å². The van der Waals surface area contributed by atoms with Crippen LogP contribution in [0.1, 0.15) is 29.7 Å². The molecule has 4 heteroatoms. The van der Waals surface area contributed by atoms with Crippen molar-refractivity contribution in [1.82, 2.24) is 5.32 Å². The van der Waals surface area contributed by atoms with E-state index in [4.69, 9.17) is 27.9 Å². The average Bonchev–Trinajstić information content (AvgIpc) is 2.48. The zero-order chi connectivity index (χ0) is 15.4. The summed E-state index contributed by atoms with van der Waals surface area (Å²) in [4.78, 5) is 0. The molecule has 0 aliphatic rings. The summed E-state index contributed by atoms with van der Waals surface area (Å²) in [5.74, 6) is 0.844. The highest BCUT2D eigenvalue weighted by Gasteiger charge is 2.20. The summed E-state index contributed by atoms with van der Waals surface area (Å²) in [6.07, 6.45) is 0. The second kappa shape index (κ2) is 7.17. The first-order valence-electron chi connectivity index (χ1n) is 6.89. The molecule has 0 fully saturated rings. The number of rotatable bonds is 5. The quantitative estimate of drug-likeness (QED) is 0.835. The highest BCUT2D eigenvalue weighted by atomic mass is 35.5. The fourth-order valence-electron chi connectivity index (χ4n) is 2.38. The Bertz CT molecular complexity index is 628. The molecule has 2 nitrogen and oxygen atoms in total. The molecule has 0 radical (unpaired) electrons. The summed E-state index contributed by atoms with van der Waals surface area (Å²) in [6, 6.07) is 11.6. The van der Waals surface area contributed by atoms with Crippen LogP contribution >= 0.6 is 23.2 Å². The van der Waals surface area contributed by atoms with Crippen LogP contribution in [0.4, 0.5) is 0 Å². The Morgan fingerprint density at radius 3 is 2.52 bits per heavy atom. The third-order valence-electron chi connectivity index (χ3n) is 3.38. The van der Waals surface area contributed by atoms with Crippen LogP contribution in [0.5, 0.6) is 5.75 Å². The predicted molar refractivity (Wildman–Crippen MR) is 89.7 cm³/mol. The van der Waals surface area contributed by atoms with Crippen molar-refractivity contribution < 1.29 is 4.74 Å². The van der Waals surface area contributed by atoms with Crippen molar-refractivity contribution in [3.8, 4) is 5.75 Å². The van der Waals surface area contributed by atoms with Gasteiger partial charge in [0.2, 0.25) is 0 Å². The zero-order valence-electron chi connectivity index (χ0n) is 12.4. The number of methoxy groups -OCH3 is 1. The first-order valence-corrected chi connectivity index (χ1v) is 7.65. The summed E-state index contributed by atoms with van der Waals surface area (Å²) in [5.41, 5.74) is 3.16. The van der Waals surface area contributed by atoms with Crippen LogP contribution in [0, 0.1) is 6.92 Å². The van der Waals surface area contributed by atoms with Gasteiger partial charge in [-0.3, -0.25) is 0 Å². The first kappa shape index (κ1) is 16.2. The largest absolute Gasteiger partial charge is 0.496 e. The van der Waals surface area contributed by atoms with Crippen LogP contribution in [-0.2, 0) is 0 Å². The van der Waals surface area contributed by atoms with Gasteiger partial charge in [0.1, 0.15) is 5.75 Å². The Hall–Kier alpha value is -1.22. The third kappa shape index (κ3) is 3.70. The summed E-state index contributed by atoms with van der Waals surface area (Å²) < 4.78 is 5.53. The van der Waals surface area contributed by atoms with E-state index in [1.54, 1.807) is 13.2 Å². The monoisotopic (exact) mass is 323 g/mol. The van der Waals surface area contributed by atoms with E-state index in [1.807, 2.05) is 25.1 Å². The molecule has 0 aromatic heterocycles. The van der Waals surface area contributed by atoms with Gasteiger partial charge in [-0.25, -0.2) is 0 Å². The van der Waals surface area contributed by atoms with Crippen LogP contribution in [0.25, 0.3) is 0 Å². The van der Waals surface area contributed by atoms with E-state index in [1.165, 1.54) is 0 Å². The van der Waals surface area contributed by atoms with E-state index in [2.05, 4.69) is 24.4 Å². The standard InChI is InChI=1S/C17H19Cl2NO/c1-4-20-17(14-10-12(18)6-8-15(14)19)13-7-5-11(2)9-16(13)21-3/h5-10,17,20H,4H2,1-3H3. The van der Waals surface area contributed by atoms with Crippen molar-refractivity contribution in [2.24, 2.45) is 0 Å². The summed E-state index contributed by atoms with van der Waals surface area (Å²) in [6.45, 7) is 4.91. The van der Waals surface area contributed by atoms with Gasteiger partial charge >= 0.3 is 0 Å². The minimum atomic E-state index is -0.0586. The molecular formula is C17H19Cl2NO. The van der Waals surface area contributed by atoms with E-state index in [0.29, 0.717) is 10.0 Å². The summed E-state index contributed by atoms with van der Waals surface area (Å²) >= 11 is 12.5. The smallest absolute Gasteiger partial charge is 0.124 e. The lowest BCUT2D eigenvalue weighted by Crippen LogP contribution is -2.23. The van der Waals surface area contributed by atoms with Gasteiger partial charge < -0.3 is 10.1 Å². The maximum Gasteiger partial charge on any atom is 0.124 e. The van der Waals surface area contributed by atoms with Crippen molar-refractivity contribution in [2.75, 3.05) is 13.7 Å². The van der Waals surface area contributed by atoms with Crippen molar-refractivity contribution in [2.45, 2.75) is 19.9 Å². The van der Waals surface area contributed by atoms with E-state index in [0.717, 1.165) is 29.0 Å². The second-order valence-corrected chi connectivity index (χ2v) is 5.75. The molecule has 2 aromatic carbocycles. The van der Waals surface area contributed by atoms with Gasteiger partial charge in [0.05, 0.1) is 13.2 Å². The van der Waals surface area contributed by atoms with E-state index >= 15 is 0 Å². The molecule has 0 heterocycles. The fourth-order valence-corrected chi connectivity index (χ4v) is 2.79. The molecule has 1 N–H and O–H groups in total. The summed E-state index contributed by atoms with van der Waals surface area (Å²) in [5, 5.41) is 4.81. The number of aryl methyl sites for hydroxylation is 1. The molecule has 0 amide bonds. The molecule has 1 unspecified atom stereocenters. The normalized spacial score (nSPS) is 12.2. The van der Waals surface area contributed by atoms with Gasteiger partial charge in [0.25, 0.3) is 0 Å².